The average Bonchev–Trinajstić information content (AvgIpc) is 2.49. The molecular formula is C15H21F2NO3. The summed E-state index contributed by atoms with van der Waals surface area (Å²) in [6, 6.07) is 3.97. The molecule has 0 aromatic heterocycles. The van der Waals surface area contributed by atoms with Crippen LogP contribution in [-0.4, -0.2) is 53.6 Å². The third kappa shape index (κ3) is 3.97. The Morgan fingerprint density at radius 3 is 2.90 bits per heavy atom. The van der Waals surface area contributed by atoms with E-state index in [0.29, 0.717) is 26.1 Å². The first-order valence-corrected chi connectivity index (χ1v) is 7.11. The lowest BCUT2D eigenvalue weighted by atomic mass is 10.0. The van der Waals surface area contributed by atoms with Gasteiger partial charge in [-0.1, -0.05) is 12.1 Å². The molecule has 118 valence electrons. The second kappa shape index (κ2) is 7.26. The Hall–Kier alpha value is -1.08. The Morgan fingerprint density at radius 2 is 2.19 bits per heavy atom. The lowest BCUT2D eigenvalue weighted by Gasteiger charge is -2.37. The summed E-state index contributed by atoms with van der Waals surface area (Å²) in [5.41, 5.74) is -0.0189. The smallest absolute Gasteiger partial charge is 0.164 e. The summed E-state index contributed by atoms with van der Waals surface area (Å²) in [7, 11) is 0. The number of hydrogen-bond donors (Lipinski definition) is 2. The molecule has 0 saturated carbocycles. The van der Waals surface area contributed by atoms with Crippen molar-refractivity contribution in [2.75, 3.05) is 26.3 Å². The van der Waals surface area contributed by atoms with Gasteiger partial charge in [0.1, 0.15) is 0 Å². The van der Waals surface area contributed by atoms with Crippen molar-refractivity contribution in [2.45, 2.75) is 31.6 Å². The zero-order valence-electron chi connectivity index (χ0n) is 12.0. The van der Waals surface area contributed by atoms with Gasteiger partial charge in [0, 0.05) is 24.7 Å². The van der Waals surface area contributed by atoms with Crippen LogP contribution in [0.2, 0.25) is 0 Å². The van der Waals surface area contributed by atoms with Crippen LogP contribution in [0.5, 0.6) is 0 Å². The van der Waals surface area contributed by atoms with Crippen LogP contribution in [-0.2, 0) is 4.74 Å². The van der Waals surface area contributed by atoms with Crippen molar-refractivity contribution in [3.8, 4) is 0 Å². The average molecular weight is 301 g/mol. The molecule has 0 spiro atoms. The minimum Gasteiger partial charge on any atom is -0.394 e. The van der Waals surface area contributed by atoms with E-state index in [9.17, 15) is 13.9 Å². The number of rotatable bonds is 5. The van der Waals surface area contributed by atoms with Crippen molar-refractivity contribution < 1.29 is 23.7 Å². The Kier molecular flexibility index (Phi) is 5.64. The van der Waals surface area contributed by atoms with E-state index in [1.807, 2.05) is 6.92 Å². The summed E-state index contributed by atoms with van der Waals surface area (Å²) in [5.74, 6) is -1.94. The van der Waals surface area contributed by atoms with Gasteiger partial charge in [-0.05, 0) is 19.4 Å². The lowest BCUT2D eigenvalue weighted by molar-refractivity contribution is -0.0801. The van der Waals surface area contributed by atoms with Gasteiger partial charge in [0.2, 0.25) is 0 Å². The molecule has 1 aliphatic heterocycles. The quantitative estimate of drug-likeness (QED) is 0.865. The molecule has 3 unspecified atom stereocenters. The highest BCUT2D eigenvalue weighted by atomic mass is 19.2. The second-order valence-corrected chi connectivity index (χ2v) is 5.43. The Labute approximate surface area is 123 Å². The third-order valence-electron chi connectivity index (χ3n) is 3.87. The van der Waals surface area contributed by atoms with Crippen LogP contribution < -0.4 is 0 Å². The highest BCUT2D eigenvalue weighted by Crippen LogP contribution is 2.23. The maximum atomic E-state index is 13.6. The normalized spacial score (nSPS) is 25.0. The van der Waals surface area contributed by atoms with Gasteiger partial charge in [0.15, 0.2) is 11.6 Å². The van der Waals surface area contributed by atoms with Gasteiger partial charge >= 0.3 is 0 Å². The summed E-state index contributed by atoms with van der Waals surface area (Å²) >= 11 is 0. The second-order valence-electron chi connectivity index (χ2n) is 5.43. The molecule has 6 heteroatoms. The summed E-state index contributed by atoms with van der Waals surface area (Å²) in [5, 5.41) is 19.2. The fourth-order valence-corrected chi connectivity index (χ4v) is 2.52. The monoisotopic (exact) mass is 301 g/mol. The maximum Gasteiger partial charge on any atom is 0.164 e. The molecule has 0 amide bonds. The summed E-state index contributed by atoms with van der Waals surface area (Å²) in [4.78, 5) is 2.07. The lowest BCUT2D eigenvalue weighted by Crippen LogP contribution is -2.49. The first-order chi connectivity index (χ1) is 10.0. The van der Waals surface area contributed by atoms with Crippen molar-refractivity contribution in [2.24, 2.45) is 0 Å². The minimum atomic E-state index is -1.05. The molecule has 3 atom stereocenters. The highest BCUT2D eigenvalue weighted by Gasteiger charge is 2.26. The maximum absolute atomic E-state index is 13.6. The zero-order chi connectivity index (χ0) is 15.4. The van der Waals surface area contributed by atoms with Crippen molar-refractivity contribution in [3.05, 3.63) is 35.4 Å². The van der Waals surface area contributed by atoms with Gasteiger partial charge in [-0.3, -0.25) is 4.90 Å². The van der Waals surface area contributed by atoms with Crippen LogP contribution in [0.3, 0.4) is 0 Å². The number of benzene rings is 1. The molecular weight excluding hydrogens is 280 g/mol. The van der Waals surface area contributed by atoms with Gasteiger partial charge in [-0.25, -0.2) is 8.78 Å². The predicted octanol–water partition coefficient (Wildman–Crippen LogP) is 1.47. The standard InChI is InChI=1S/C15H21F2NO3/c1-10-9-21-11(8-19)7-18(10)6-5-14(20)12-3-2-4-13(16)15(12)17/h2-4,10-11,14,19-20H,5-9H2,1H3. The van der Waals surface area contributed by atoms with Crippen LogP contribution in [0.4, 0.5) is 8.78 Å². The number of hydrogen-bond acceptors (Lipinski definition) is 4. The summed E-state index contributed by atoms with van der Waals surface area (Å²) in [6.45, 7) is 3.54. The fraction of sp³-hybridized carbons (Fsp3) is 0.600. The molecule has 1 saturated heterocycles. The zero-order valence-corrected chi connectivity index (χ0v) is 12.0. The number of halogens is 2. The highest BCUT2D eigenvalue weighted by molar-refractivity contribution is 5.21. The number of ether oxygens (including phenoxy) is 1. The molecule has 0 aliphatic carbocycles. The van der Waals surface area contributed by atoms with E-state index in [2.05, 4.69) is 4.90 Å². The fourth-order valence-electron chi connectivity index (χ4n) is 2.52. The van der Waals surface area contributed by atoms with Crippen LogP contribution in [0.15, 0.2) is 18.2 Å². The van der Waals surface area contributed by atoms with Gasteiger partial charge in [0.25, 0.3) is 0 Å². The van der Waals surface area contributed by atoms with Crippen molar-refractivity contribution in [1.29, 1.82) is 0 Å². The molecule has 1 aliphatic rings. The number of aliphatic hydroxyl groups is 2. The topological polar surface area (TPSA) is 52.9 Å². The van der Waals surface area contributed by atoms with Crippen molar-refractivity contribution in [1.82, 2.24) is 4.90 Å². The van der Waals surface area contributed by atoms with E-state index in [1.54, 1.807) is 0 Å². The van der Waals surface area contributed by atoms with E-state index in [1.165, 1.54) is 12.1 Å². The SMILES string of the molecule is CC1COC(CO)CN1CCC(O)c1cccc(F)c1F. The van der Waals surface area contributed by atoms with E-state index in [-0.39, 0.29) is 24.3 Å². The summed E-state index contributed by atoms with van der Waals surface area (Å²) in [6.07, 6.45) is -0.990. The van der Waals surface area contributed by atoms with Crippen LogP contribution >= 0.6 is 0 Å². The summed E-state index contributed by atoms with van der Waals surface area (Å²) < 4.78 is 32.2. The van der Waals surface area contributed by atoms with Gasteiger partial charge in [0.05, 0.1) is 25.4 Å². The van der Waals surface area contributed by atoms with E-state index >= 15 is 0 Å². The molecule has 1 fully saturated rings. The number of morpholine rings is 1. The van der Waals surface area contributed by atoms with Gasteiger partial charge in [-0.2, -0.15) is 0 Å². The molecule has 2 N–H and O–H groups in total. The largest absolute Gasteiger partial charge is 0.394 e. The first-order valence-electron chi connectivity index (χ1n) is 7.11. The predicted molar refractivity (Wildman–Crippen MR) is 73.8 cm³/mol. The molecule has 1 aromatic carbocycles. The minimum absolute atomic E-state index is 0.0189. The van der Waals surface area contributed by atoms with Crippen LogP contribution in [0, 0.1) is 11.6 Å². The van der Waals surface area contributed by atoms with Crippen LogP contribution in [0.1, 0.15) is 25.0 Å². The number of aliphatic hydroxyl groups excluding tert-OH is 2. The molecule has 1 aromatic rings. The van der Waals surface area contributed by atoms with Crippen LogP contribution in [0.25, 0.3) is 0 Å². The van der Waals surface area contributed by atoms with E-state index in [0.717, 1.165) is 6.07 Å². The van der Waals surface area contributed by atoms with Gasteiger partial charge in [-0.15, -0.1) is 0 Å². The van der Waals surface area contributed by atoms with E-state index in [4.69, 9.17) is 9.84 Å². The van der Waals surface area contributed by atoms with Crippen molar-refractivity contribution >= 4 is 0 Å². The Bertz CT molecular complexity index is 472. The third-order valence-corrected chi connectivity index (χ3v) is 3.87. The Balaban J connectivity index is 1.94. The molecule has 2 rings (SSSR count). The first kappa shape index (κ1) is 16.3. The van der Waals surface area contributed by atoms with Crippen molar-refractivity contribution in [3.63, 3.8) is 0 Å². The Morgan fingerprint density at radius 1 is 1.43 bits per heavy atom. The molecule has 1 heterocycles. The van der Waals surface area contributed by atoms with E-state index < -0.39 is 17.7 Å². The number of nitrogens with zero attached hydrogens (tertiary/aromatic N) is 1. The molecule has 4 nitrogen and oxygen atoms in total. The van der Waals surface area contributed by atoms with Gasteiger partial charge < -0.3 is 14.9 Å². The molecule has 0 bridgehead atoms. The molecule has 21 heavy (non-hydrogen) atoms. The molecule has 0 radical (unpaired) electrons.